The van der Waals surface area contributed by atoms with Gasteiger partial charge >= 0.3 is 0 Å². The Balaban J connectivity index is 1.47. The van der Waals surface area contributed by atoms with Crippen molar-refractivity contribution in [1.82, 2.24) is 10.3 Å². The van der Waals surface area contributed by atoms with Crippen molar-refractivity contribution < 1.29 is 9.18 Å². The summed E-state index contributed by atoms with van der Waals surface area (Å²) >= 11 is 5.99. The van der Waals surface area contributed by atoms with Crippen LogP contribution in [0.5, 0.6) is 0 Å². The third kappa shape index (κ3) is 6.06. The summed E-state index contributed by atoms with van der Waals surface area (Å²) in [6, 6.07) is 15.8. The normalized spacial score (nSPS) is 10.5. The fraction of sp³-hybridized carbons (Fsp3) is 0.182. The van der Waals surface area contributed by atoms with Crippen molar-refractivity contribution in [1.29, 1.82) is 0 Å². The van der Waals surface area contributed by atoms with Crippen molar-refractivity contribution in [2.45, 2.75) is 12.8 Å². The minimum atomic E-state index is -0.265. The van der Waals surface area contributed by atoms with Crippen molar-refractivity contribution in [3.63, 3.8) is 0 Å². The molecule has 0 atom stereocenters. The molecule has 2 N–H and O–H groups in total. The molecule has 3 aromatic rings. The number of halogens is 2. The largest absolute Gasteiger partial charge is 0.383 e. The predicted molar refractivity (Wildman–Crippen MR) is 110 cm³/mol. The monoisotopic (exact) mass is 397 g/mol. The van der Waals surface area contributed by atoms with Crippen LogP contribution in [-0.4, -0.2) is 24.0 Å². The lowest BCUT2D eigenvalue weighted by molar-refractivity contribution is 0.0954. The Hall–Kier alpha value is -2.92. The number of anilines is 1. The van der Waals surface area contributed by atoms with Crippen LogP contribution in [0.25, 0.3) is 0 Å². The van der Waals surface area contributed by atoms with E-state index in [1.807, 2.05) is 24.3 Å². The highest BCUT2D eigenvalue weighted by molar-refractivity contribution is 6.30. The smallest absolute Gasteiger partial charge is 0.252 e. The van der Waals surface area contributed by atoms with E-state index in [1.165, 1.54) is 18.3 Å². The molecule has 0 unspecified atom stereocenters. The van der Waals surface area contributed by atoms with E-state index in [0.29, 0.717) is 25.1 Å². The fourth-order valence-electron chi connectivity index (χ4n) is 2.78. The van der Waals surface area contributed by atoms with Crippen LogP contribution >= 0.6 is 11.6 Å². The summed E-state index contributed by atoms with van der Waals surface area (Å²) in [7, 11) is 0. The molecule has 0 aliphatic heterocycles. The second-order valence-electron chi connectivity index (χ2n) is 6.40. The van der Waals surface area contributed by atoms with Gasteiger partial charge in [-0.2, -0.15) is 0 Å². The number of nitrogens with zero attached hydrogens (tertiary/aromatic N) is 1. The van der Waals surface area contributed by atoms with E-state index < -0.39 is 0 Å². The van der Waals surface area contributed by atoms with Gasteiger partial charge in [0.1, 0.15) is 5.82 Å². The van der Waals surface area contributed by atoms with Crippen molar-refractivity contribution in [2.24, 2.45) is 0 Å². The highest BCUT2D eigenvalue weighted by atomic mass is 35.5. The van der Waals surface area contributed by atoms with Gasteiger partial charge in [-0.3, -0.25) is 9.78 Å². The van der Waals surface area contributed by atoms with Gasteiger partial charge in [0.2, 0.25) is 0 Å². The zero-order valence-electron chi connectivity index (χ0n) is 15.3. The molecular formula is C22H21ClFN3O. The maximum atomic E-state index is 12.9. The summed E-state index contributed by atoms with van der Waals surface area (Å²) in [6.07, 6.45) is 4.67. The number of aromatic nitrogens is 1. The molecule has 0 fully saturated rings. The summed E-state index contributed by atoms with van der Waals surface area (Å²) < 4.78 is 12.9. The fourth-order valence-corrected chi connectivity index (χ4v) is 2.99. The van der Waals surface area contributed by atoms with Crippen LogP contribution in [0.4, 0.5) is 10.1 Å². The number of benzene rings is 2. The summed E-state index contributed by atoms with van der Waals surface area (Å²) in [5, 5.41) is 6.86. The molecule has 0 bridgehead atoms. The minimum Gasteiger partial charge on any atom is -0.383 e. The second-order valence-corrected chi connectivity index (χ2v) is 6.84. The quantitative estimate of drug-likeness (QED) is 0.588. The number of carbonyl (C=O) groups excluding carboxylic acids is 1. The van der Waals surface area contributed by atoms with Gasteiger partial charge < -0.3 is 10.6 Å². The summed E-state index contributed by atoms with van der Waals surface area (Å²) in [4.78, 5) is 16.5. The van der Waals surface area contributed by atoms with Gasteiger partial charge in [0.15, 0.2) is 0 Å². The Labute approximate surface area is 168 Å². The van der Waals surface area contributed by atoms with E-state index in [1.54, 1.807) is 24.4 Å². The molecule has 2 aromatic carbocycles. The van der Waals surface area contributed by atoms with Crippen molar-refractivity contribution in [3.8, 4) is 0 Å². The first-order valence-corrected chi connectivity index (χ1v) is 9.44. The van der Waals surface area contributed by atoms with E-state index in [0.717, 1.165) is 28.3 Å². The summed E-state index contributed by atoms with van der Waals surface area (Å²) in [6.45, 7) is 1.18. The lowest BCUT2D eigenvalue weighted by Crippen LogP contribution is -2.26. The van der Waals surface area contributed by atoms with Crippen LogP contribution in [0.2, 0.25) is 5.02 Å². The van der Waals surface area contributed by atoms with Gasteiger partial charge in [0.05, 0.1) is 11.3 Å². The average molecular weight is 398 g/mol. The first-order chi connectivity index (χ1) is 13.6. The van der Waals surface area contributed by atoms with Crippen molar-refractivity contribution in [3.05, 3.63) is 94.5 Å². The van der Waals surface area contributed by atoms with Gasteiger partial charge in [-0.1, -0.05) is 35.9 Å². The highest BCUT2D eigenvalue weighted by Gasteiger charge is 2.07. The van der Waals surface area contributed by atoms with Crippen LogP contribution in [-0.2, 0) is 12.8 Å². The van der Waals surface area contributed by atoms with Gasteiger partial charge in [0, 0.05) is 30.5 Å². The lowest BCUT2D eigenvalue weighted by Gasteiger charge is -2.09. The number of rotatable bonds is 8. The van der Waals surface area contributed by atoms with Crippen molar-refractivity contribution >= 4 is 23.2 Å². The van der Waals surface area contributed by atoms with Gasteiger partial charge in [0.25, 0.3) is 5.91 Å². The van der Waals surface area contributed by atoms with E-state index in [2.05, 4.69) is 15.6 Å². The Morgan fingerprint density at radius 1 is 0.964 bits per heavy atom. The third-order valence-corrected chi connectivity index (χ3v) is 4.48. The Bertz CT molecular complexity index is 931. The molecule has 1 aromatic heterocycles. The van der Waals surface area contributed by atoms with E-state index >= 15 is 0 Å². The molecule has 1 heterocycles. The topological polar surface area (TPSA) is 54.0 Å². The Morgan fingerprint density at radius 3 is 2.54 bits per heavy atom. The molecule has 0 spiro atoms. The SMILES string of the molecule is O=C(NCCc1ccc(F)cc1)c1cncc(NCCc2cccc(Cl)c2)c1. The van der Waals surface area contributed by atoms with E-state index in [9.17, 15) is 9.18 Å². The zero-order chi connectivity index (χ0) is 19.8. The molecule has 28 heavy (non-hydrogen) atoms. The number of pyridine rings is 1. The third-order valence-electron chi connectivity index (χ3n) is 4.24. The summed E-state index contributed by atoms with van der Waals surface area (Å²) in [5.74, 6) is -0.452. The Morgan fingerprint density at radius 2 is 1.75 bits per heavy atom. The van der Waals surface area contributed by atoms with E-state index in [-0.39, 0.29) is 11.7 Å². The number of carbonyl (C=O) groups is 1. The molecular weight excluding hydrogens is 377 g/mol. The zero-order valence-corrected chi connectivity index (χ0v) is 16.0. The van der Waals surface area contributed by atoms with Crippen LogP contribution in [0.3, 0.4) is 0 Å². The van der Waals surface area contributed by atoms with Crippen LogP contribution < -0.4 is 10.6 Å². The number of amides is 1. The molecule has 0 saturated carbocycles. The number of hydrogen-bond acceptors (Lipinski definition) is 3. The molecule has 0 aliphatic carbocycles. The van der Waals surface area contributed by atoms with Crippen LogP contribution in [0, 0.1) is 5.82 Å². The molecule has 144 valence electrons. The predicted octanol–water partition coefficient (Wildman–Crippen LogP) is 4.50. The standard InChI is InChI=1S/C22H21ClFN3O/c23-19-3-1-2-17(12-19)9-10-26-21-13-18(14-25-15-21)22(28)27-11-8-16-4-6-20(24)7-5-16/h1-7,12-15,26H,8-11H2,(H,27,28). The second kappa shape index (κ2) is 9.85. The molecule has 3 rings (SSSR count). The lowest BCUT2D eigenvalue weighted by atomic mass is 10.1. The molecule has 0 aliphatic rings. The van der Waals surface area contributed by atoms with Gasteiger partial charge in [-0.15, -0.1) is 0 Å². The molecule has 0 radical (unpaired) electrons. The first kappa shape index (κ1) is 19.8. The van der Waals surface area contributed by atoms with Gasteiger partial charge in [-0.05, 0) is 54.3 Å². The summed E-state index contributed by atoms with van der Waals surface area (Å²) in [5.41, 5.74) is 3.39. The maximum Gasteiger partial charge on any atom is 0.252 e. The molecule has 0 saturated heterocycles. The van der Waals surface area contributed by atoms with Crippen LogP contribution in [0.1, 0.15) is 21.5 Å². The molecule has 4 nitrogen and oxygen atoms in total. The number of hydrogen-bond donors (Lipinski definition) is 2. The Kier molecular flexibility index (Phi) is 6.98. The maximum absolute atomic E-state index is 12.9. The minimum absolute atomic E-state index is 0.187. The number of nitrogens with one attached hydrogen (secondary N) is 2. The van der Waals surface area contributed by atoms with Crippen LogP contribution in [0.15, 0.2) is 67.0 Å². The average Bonchev–Trinajstić information content (AvgIpc) is 2.70. The van der Waals surface area contributed by atoms with E-state index in [4.69, 9.17) is 11.6 Å². The highest BCUT2D eigenvalue weighted by Crippen LogP contribution is 2.12. The molecule has 6 heteroatoms. The molecule has 1 amide bonds. The van der Waals surface area contributed by atoms with Crippen molar-refractivity contribution in [2.75, 3.05) is 18.4 Å². The first-order valence-electron chi connectivity index (χ1n) is 9.06. The van der Waals surface area contributed by atoms with Gasteiger partial charge in [-0.25, -0.2) is 4.39 Å².